The molecule has 0 amide bonds. The molecule has 0 heterocycles. The van der Waals surface area contributed by atoms with Gasteiger partial charge in [-0.15, -0.1) is 6.42 Å². The largest absolute Gasteiger partial charge is 3.00 e. The second-order valence-electron chi connectivity index (χ2n) is 3.62. The summed E-state index contributed by atoms with van der Waals surface area (Å²) in [5.41, 5.74) is 1.27. The molecule has 0 atom stereocenters. The van der Waals surface area contributed by atoms with Gasteiger partial charge in [-0.2, -0.15) is 78.9 Å². The average Bonchev–Trinajstić information content (AvgIpc) is 2.95. The van der Waals surface area contributed by atoms with E-state index in [1.54, 1.807) is 0 Å². The predicted molar refractivity (Wildman–Crippen MR) is 76.7 cm³/mol. The van der Waals surface area contributed by atoms with Gasteiger partial charge in [-0.25, -0.2) is 11.6 Å². The quantitative estimate of drug-likeness (QED) is 0.486. The van der Waals surface area contributed by atoms with Crippen LogP contribution in [0, 0.1) is 18.2 Å². The van der Waals surface area contributed by atoms with Gasteiger partial charge in [0.05, 0.1) is 0 Å². The van der Waals surface area contributed by atoms with Crippen LogP contribution < -0.4 is 0 Å². The third-order valence-electron chi connectivity index (χ3n) is 2.08. The molecule has 0 N–H and O–H groups in total. The number of allylic oxidation sites excluding steroid dienone is 4. The van der Waals surface area contributed by atoms with Gasteiger partial charge in [-0.1, -0.05) is 6.92 Å². The molecule has 0 aliphatic heterocycles. The van der Waals surface area contributed by atoms with Crippen molar-refractivity contribution in [1.29, 1.82) is 0 Å². The molecule has 0 nitrogen and oxygen atoms in total. The van der Waals surface area contributed by atoms with Gasteiger partial charge < -0.3 is 0 Å². The summed E-state index contributed by atoms with van der Waals surface area (Å²) in [5.74, 6) is 0. The summed E-state index contributed by atoms with van der Waals surface area (Å²) < 4.78 is 0. The second kappa shape index (κ2) is 13.1. The van der Waals surface area contributed by atoms with Crippen molar-refractivity contribution in [2.75, 3.05) is 0 Å². The van der Waals surface area contributed by atoms with Crippen molar-refractivity contribution < 1.29 is 21.7 Å². The van der Waals surface area contributed by atoms with Gasteiger partial charge in [0.15, 0.2) is 0 Å². The number of hydrogen-bond acceptors (Lipinski definition) is 0. The van der Waals surface area contributed by atoms with Gasteiger partial charge in [0.25, 0.3) is 0 Å². The van der Waals surface area contributed by atoms with E-state index in [0.717, 1.165) is 6.42 Å². The van der Waals surface area contributed by atoms with Crippen LogP contribution >= 0.6 is 0 Å². The van der Waals surface area contributed by atoms with Crippen LogP contribution in [0.5, 0.6) is 0 Å². The third kappa shape index (κ3) is 11.5. The first-order chi connectivity index (χ1) is 8.89. The molecular weight excluding hydrogens is 264 g/mol. The van der Waals surface area contributed by atoms with Gasteiger partial charge in [0, 0.05) is 0 Å². The first-order valence-corrected chi connectivity index (χ1v) is 5.96. The van der Waals surface area contributed by atoms with Crippen LogP contribution in [-0.4, -0.2) is 0 Å². The summed E-state index contributed by atoms with van der Waals surface area (Å²) in [5, 5.41) is 0. The van der Waals surface area contributed by atoms with Gasteiger partial charge in [0.2, 0.25) is 0 Å². The van der Waals surface area contributed by atoms with E-state index in [2.05, 4.69) is 37.3 Å². The van der Waals surface area contributed by atoms with Crippen molar-refractivity contribution in [1.82, 2.24) is 0 Å². The van der Waals surface area contributed by atoms with Crippen LogP contribution in [0.4, 0.5) is 0 Å². The second-order valence-corrected chi connectivity index (χ2v) is 3.62. The minimum absolute atomic E-state index is 0. The molecular formula is C18H17Ti. The summed E-state index contributed by atoms with van der Waals surface area (Å²) in [4.78, 5) is 0. The molecule has 0 spiro atoms. The van der Waals surface area contributed by atoms with E-state index in [9.17, 15) is 0 Å². The van der Waals surface area contributed by atoms with E-state index in [1.807, 2.05) is 60.7 Å². The van der Waals surface area contributed by atoms with Gasteiger partial charge in [0.1, 0.15) is 0 Å². The van der Waals surface area contributed by atoms with E-state index in [0.29, 0.717) is 0 Å². The summed E-state index contributed by atoms with van der Waals surface area (Å²) in [6, 6.07) is 25.0. The van der Waals surface area contributed by atoms with E-state index < -0.39 is 0 Å². The fourth-order valence-corrected chi connectivity index (χ4v) is 1.20. The first kappa shape index (κ1) is 17.6. The predicted octanol–water partition coefficient (Wildman–Crippen LogP) is 4.67. The topological polar surface area (TPSA) is 0 Å². The van der Waals surface area contributed by atoms with E-state index in [1.165, 1.54) is 5.57 Å². The minimum Gasteiger partial charge on any atom is -0.270 e. The van der Waals surface area contributed by atoms with E-state index in [-0.39, 0.29) is 21.7 Å². The van der Waals surface area contributed by atoms with Crippen LogP contribution in [0.3, 0.4) is 0 Å². The molecule has 19 heavy (non-hydrogen) atoms. The van der Waals surface area contributed by atoms with E-state index in [4.69, 9.17) is 0 Å². The Morgan fingerprint density at radius 3 is 1.37 bits per heavy atom. The molecule has 0 fully saturated rings. The monoisotopic (exact) mass is 281 g/mol. The average molecular weight is 281 g/mol. The Labute approximate surface area is 131 Å². The fraction of sp³-hybridized carbons (Fsp3) is 0.111. The summed E-state index contributed by atoms with van der Waals surface area (Å²) >= 11 is 0. The Balaban J connectivity index is 0.000000249. The van der Waals surface area contributed by atoms with Crippen molar-refractivity contribution in [2.24, 2.45) is 0 Å². The molecule has 1 heteroatoms. The van der Waals surface area contributed by atoms with Crippen LogP contribution in [0.15, 0.2) is 78.4 Å². The normalized spacial score (nSPS) is 10.9. The maximum absolute atomic E-state index is 3.12. The molecule has 2 aromatic carbocycles. The molecule has 1 aliphatic rings. The Morgan fingerprint density at radius 1 is 0.789 bits per heavy atom. The zero-order valence-electron chi connectivity index (χ0n) is 11.1. The Morgan fingerprint density at radius 2 is 1.26 bits per heavy atom. The number of hydrogen-bond donors (Lipinski definition) is 0. The van der Waals surface area contributed by atoms with Crippen LogP contribution in [0.1, 0.15) is 13.3 Å². The third-order valence-corrected chi connectivity index (χ3v) is 2.08. The molecule has 1 aliphatic carbocycles. The van der Waals surface area contributed by atoms with Crippen molar-refractivity contribution in [3.05, 3.63) is 96.6 Å². The van der Waals surface area contributed by atoms with Crippen molar-refractivity contribution in [3.63, 3.8) is 0 Å². The SMILES string of the molecule is CC1=[C-]CC=C1.[Ti+3].[c-]1ccccc1.[c-]1ccccc1. The fourth-order valence-electron chi connectivity index (χ4n) is 1.20. The van der Waals surface area contributed by atoms with Gasteiger partial charge >= 0.3 is 21.7 Å². The molecule has 0 bridgehead atoms. The van der Waals surface area contributed by atoms with Crippen LogP contribution in [-0.2, 0) is 21.7 Å². The van der Waals surface area contributed by atoms with Crippen molar-refractivity contribution in [2.45, 2.75) is 13.3 Å². The van der Waals surface area contributed by atoms with Crippen molar-refractivity contribution >= 4 is 0 Å². The molecule has 0 saturated carbocycles. The summed E-state index contributed by atoms with van der Waals surface area (Å²) in [7, 11) is 0. The standard InChI is InChI=1S/C6H7.2C6H5.Ti/c1-6-4-2-3-5-6;2*1-2-4-6-5-3-1;/h2,4H,3H2,1H3;2*1-5H;/q3*-1;+3. The smallest absolute Gasteiger partial charge is 0.270 e. The molecule has 0 aromatic heterocycles. The molecule has 2 aromatic rings. The van der Waals surface area contributed by atoms with Crippen molar-refractivity contribution in [3.8, 4) is 0 Å². The molecule has 0 saturated heterocycles. The van der Waals surface area contributed by atoms with Crippen LogP contribution in [0.25, 0.3) is 0 Å². The zero-order chi connectivity index (χ0) is 12.9. The first-order valence-electron chi connectivity index (χ1n) is 5.96. The molecule has 0 unspecified atom stereocenters. The Kier molecular flexibility index (Phi) is 12.1. The van der Waals surface area contributed by atoms with E-state index >= 15 is 0 Å². The minimum atomic E-state index is 0. The zero-order valence-corrected chi connectivity index (χ0v) is 12.7. The maximum Gasteiger partial charge on any atom is 3.00 e. The molecule has 1 radical (unpaired) electrons. The Bertz CT molecular complexity index is 356. The number of benzene rings is 2. The van der Waals surface area contributed by atoms with Gasteiger partial charge in [-0.3, -0.25) is 6.08 Å². The Hall–Kier alpha value is -1.37. The number of rotatable bonds is 0. The molecule has 3 rings (SSSR count). The van der Waals surface area contributed by atoms with Gasteiger partial charge in [-0.05, 0) is 0 Å². The molecule has 93 valence electrons. The maximum atomic E-state index is 3.12. The summed E-state index contributed by atoms with van der Waals surface area (Å²) in [6.07, 6.45) is 8.33. The van der Waals surface area contributed by atoms with Crippen LogP contribution in [0.2, 0.25) is 0 Å². The summed E-state index contributed by atoms with van der Waals surface area (Å²) in [6.45, 7) is 2.06.